The lowest BCUT2D eigenvalue weighted by atomic mass is 9.96. The number of piperidine rings is 1. The van der Waals surface area contributed by atoms with Crippen LogP contribution >= 0.6 is 0 Å². The van der Waals surface area contributed by atoms with E-state index in [0.717, 1.165) is 35.2 Å². The Morgan fingerprint density at radius 3 is 2.58 bits per heavy atom. The molecule has 3 rings (SSSR count). The third-order valence-corrected chi connectivity index (χ3v) is 4.99. The van der Waals surface area contributed by atoms with E-state index in [2.05, 4.69) is 47.7 Å². The minimum Gasteiger partial charge on any atom is -0.359 e. The zero-order chi connectivity index (χ0) is 17.1. The Hall–Kier alpha value is -2.01. The fourth-order valence-electron chi connectivity index (χ4n) is 3.31. The van der Waals surface area contributed by atoms with Gasteiger partial charge in [0.25, 0.3) is 0 Å². The maximum atomic E-state index is 4.83. The van der Waals surface area contributed by atoms with Crippen molar-refractivity contribution in [3.63, 3.8) is 0 Å². The van der Waals surface area contributed by atoms with Crippen LogP contribution in [0.15, 0.2) is 24.4 Å². The molecule has 5 nitrogen and oxygen atoms in total. The van der Waals surface area contributed by atoms with Crippen LogP contribution in [0, 0.1) is 19.8 Å². The van der Waals surface area contributed by atoms with Crippen molar-refractivity contribution in [1.29, 1.82) is 0 Å². The number of hydrogen-bond acceptors (Lipinski definition) is 5. The van der Waals surface area contributed by atoms with E-state index in [4.69, 9.17) is 4.98 Å². The smallest absolute Gasteiger partial charge is 0.180 e. The molecule has 2 aromatic rings. The van der Waals surface area contributed by atoms with Crippen molar-refractivity contribution in [2.75, 3.05) is 38.6 Å². The van der Waals surface area contributed by atoms with Gasteiger partial charge in [0.15, 0.2) is 5.82 Å². The monoisotopic (exact) mass is 325 g/mol. The topological polar surface area (TPSA) is 45.2 Å². The van der Waals surface area contributed by atoms with Gasteiger partial charge in [-0.05, 0) is 64.9 Å². The van der Waals surface area contributed by atoms with Gasteiger partial charge in [0.2, 0.25) is 0 Å². The van der Waals surface area contributed by atoms with Gasteiger partial charge < -0.3 is 9.80 Å². The van der Waals surface area contributed by atoms with E-state index in [0.29, 0.717) is 5.82 Å². The zero-order valence-corrected chi connectivity index (χ0v) is 15.2. The summed E-state index contributed by atoms with van der Waals surface area (Å²) in [4.78, 5) is 18.6. The van der Waals surface area contributed by atoms with E-state index in [1.807, 2.05) is 18.2 Å². The predicted octanol–water partition coefficient (Wildman–Crippen LogP) is 2.93. The van der Waals surface area contributed by atoms with Crippen molar-refractivity contribution >= 4 is 5.82 Å². The molecule has 0 radical (unpaired) electrons. The number of anilines is 1. The molecule has 1 aliphatic rings. The van der Waals surface area contributed by atoms with Crippen LogP contribution in [0.1, 0.15) is 24.1 Å². The molecule has 1 saturated heterocycles. The van der Waals surface area contributed by atoms with Gasteiger partial charge in [0.1, 0.15) is 11.5 Å². The summed E-state index contributed by atoms with van der Waals surface area (Å²) in [6.45, 7) is 7.60. The van der Waals surface area contributed by atoms with Crippen molar-refractivity contribution in [1.82, 2.24) is 19.9 Å². The number of rotatable bonds is 4. The van der Waals surface area contributed by atoms with Crippen LogP contribution in [-0.2, 0) is 0 Å². The molecule has 0 unspecified atom stereocenters. The molecule has 0 spiro atoms. The minimum absolute atomic E-state index is 0.712. The highest BCUT2D eigenvalue weighted by molar-refractivity contribution is 5.57. The van der Waals surface area contributed by atoms with Crippen molar-refractivity contribution in [3.8, 4) is 11.5 Å². The van der Waals surface area contributed by atoms with Crippen LogP contribution in [0.25, 0.3) is 11.5 Å². The van der Waals surface area contributed by atoms with Gasteiger partial charge in [-0.2, -0.15) is 0 Å². The molecule has 0 saturated carbocycles. The number of pyridine rings is 1. The second kappa shape index (κ2) is 7.26. The third kappa shape index (κ3) is 3.73. The van der Waals surface area contributed by atoms with Gasteiger partial charge in [-0.3, -0.25) is 4.98 Å². The Kier molecular flexibility index (Phi) is 5.09. The molecule has 1 fully saturated rings. The molecule has 3 heterocycles. The van der Waals surface area contributed by atoms with Gasteiger partial charge >= 0.3 is 0 Å². The summed E-state index contributed by atoms with van der Waals surface area (Å²) < 4.78 is 0. The van der Waals surface area contributed by atoms with Crippen molar-refractivity contribution in [2.24, 2.45) is 5.92 Å². The second-order valence-electron chi connectivity index (χ2n) is 6.92. The summed E-state index contributed by atoms with van der Waals surface area (Å²) in [5.41, 5.74) is 3.01. The Morgan fingerprint density at radius 1 is 1.17 bits per heavy atom. The first kappa shape index (κ1) is 16.8. The fourth-order valence-corrected chi connectivity index (χ4v) is 3.31. The molecule has 24 heavy (non-hydrogen) atoms. The van der Waals surface area contributed by atoms with Crippen LogP contribution in [-0.4, -0.2) is 53.6 Å². The summed E-state index contributed by atoms with van der Waals surface area (Å²) in [6, 6.07) is 5.85. The molecule has 128 valence electrons. The zero-order valence-electron chi connectivity index (χ0n) is 15.2. The van der Waals surface area contributed by atoms with E-state index < -0.39 is 0 Å². The number of likely N-dealkylation sites (tertiary alicyclic amines) is 1. The average molecular weight is 325 g/mol. The van der Waals surface area contributed by atoms with E-state index in [-0.39, 0.29) is 0 Å². The second-order valence-corrected chi connectivity index (χ2v) is 6.92. The highest BCUT2D eigenvalue weighted by atomic mass is 15.2. The summed E-state index contributed by atoms with van der Waals surface area (Å²) in [7, 11) is 4.35. The predicted molar refractivity (Wildman–Crippen MR) is 98.2 cm³/mol. The molecule has 0 atom stereocenters. The van der Waals surface area contributed by atoms with Crippen LogP contribution in [0.3, 0.4) is 0 Å². The SMILES string of the molecule is Cc1nc(-c2ccccn2)nc(N(C)CC2CCN(C)CC2)c1C. The maximum Gasteiger partial charge on any atom is 0.180 e. The lowest BCUT2D eigenvalue weighted by molar-refractivity contribution is 0.222. The van der Waals surface area contributed by atoms with Gasteiger partial charge in [-0.25, -0.2) is 9.97 Å². The number of hydrogen-bond donors (Lipinski definition) is 0. The van der Waals surface area contributed by atoms with Crippen molar-refractivity contribution in [3.05, 3.63) is 35.7 Å². The molecule has 0 amide bonds. The quantitative estimate of drug-likeness (QED) is 0.865. The molecule has 0 bridgehead atoms. The summed E-state index contributed by atoms with van der Waals surface area (Å²) in [5.74, 6) is 2.48. The Bertz CT molecular complexity index is 678. The minimum atomic E-state index is 0.712. The largest absolute Gasteiger partial charge is 0.359 e. The van der Waals surface area contributed by atoms with Crippen LogP contribution in [0.2, 0.25) is 0 Å². The van der Waals surface area contributed by atoms with Crippen molar-refractivity contribution < 1.29 is 0 Å². The molecule has 0 N–H and O–H groups in total. The molecular formula is C19H27N5. The van der Waals surface area contributed by atoms with Gasteiger partial charge in [-0.15, -0.1) is 0 Å². The molecule has 2 aromatic heterocycles. The van der Waals surface area contributed by atoms with Gasteiger partial charge in [-0.1, -0.05) is 6.07 Å². The fraction of sp³-hybridized carbons (Fsp3) is 0.526. The van der Waals surface area contributed by atoms with Gasteiger partial charge in [0.05, 0.1) is 0 Å². The molecule has 5 heteroatoms. The summed E-state index contributed by atoms with van der Waals surface area (Å²) in [5, 5.41) is 0. The van der Waals surface area contributed by atoms with Crippen molar-refractivity contribution in [2.45, 2.75) is 26.7 Å². The van der Waals surface area contributed by atoms with E-state index in [1.165, 1.54) is 25.9 Å². The lowest BCUT2D eigenvalue weighted by Gasteiger charge is -2.32. The first-order valence-corrected chi connectivity index (χ1v) is 8.71. The Morgan fingerprint density at radius 2 is 1.92 bits per heavy atom. The number of aromatic nitrogens is 3. The van der Waals surface area contributed by atoms with E-state index in [1.54, 1.807) is 6.20 Å². The Labute approximate surface area is 144 Å². The molecule has 0 aromatic carbocycles. The van der Waals surface area contributed by atoms with Crippen LogP contribution in [0.4, 0.5) is 5.82 Å². The summed E-state index contributed by atoms with van der Waals surface area (Å²) >= 11 is 0. The summed E-state index contributed by atoms with van der Waals surface area (Å²) in [6.07, 6.45) is 4.31. The molecule has 1 aliphatic heterocycles. The van der Waals surface area contributed by atoms with Crippen LogP contribution in [0.5, 0.6) is 0 Å². The standard InChI is InChI=1S/C19H27N5/c1-14-15(2)21-18(17-7-5-6-10-20-17)22-19(14)24(4)13-16-8-11-23(3)12-9-16/h5-7,10,16H,8-9,11-13H2,1-4H3. The first-order valence-electron chi connectivity index (χ1n) is 8.71. The average Bonchev–Trinajstić information content (AvgIpc) is 2.60. The highest BCUT2D eigenvalue weighted by Gasteiger charge is 2.20. The maximum absolute atomic E-state index is 4.83. The van der Waals surface area contributed by atoms with Gasteiger partial charge in [0, 0.05) is 31.0 Å². The van der Waals surface area contributed by atoms with Crippen LogP contribution < -0.4 is 4.90 Å². The van der Waals surface area contributed by atoms with E-state index >= 15 is 0 Å². The highest BCUT2D eigenvalue weighted by Crippen LogP contribution is 2.25. The lowest BCUT2D eigenvalue weighted by Crippen LogP contribution is -2.36. The number of aryl methyl sites for hydroxylation is 1. The third-order valence-electron chi connectivity index (χ3n) is 4.99. The molecular weight excluding hydrogens is 298 g/mol. The Balaban J connectivity index is 1.82. The molecule has 0 aliphatic carbocycles. The normalized spacial score (nSPS) is 16.3. The first-order chi connectivity index (χ1) is 11.5. The van der Waals surface area contributed by atoms with E-state index in [9.17, 15) is 0 Å². The number of nitrogens with zero attached hydrogens (tertiary/aromatic N) is 5.